The first-order valence-corrected chi connectivity index (χ1v) is 36.9. The van der Waals surface area contributed by atoms with E-state index in [-0.39, 0.29) is 38.6 Å². The Bertz CT molecular complexity index is 1590. The lowest BCUT2D eigenvalue weighted by Crippen LogP contribution is -2.29. The minimum Gasteiger partial charge on any atom is -0.462 e. The van der Waals surface area contributed by atoms with Gasteiger partial charge >= 0.3 is 19.8 Å². The molecule has 83 heavy (non-hydrogen) atoms. The van der Waals surface area contributed by atoms with Gasteiger partial charge in [0.2, 0.25) is 0 Å². The van der Waals surface area contributed by atoms with Crippen LogP contribution in [0.5, 0.6) is 0 Å². The van der Waals surface area contributed by atoms with Gasteiger partial charge in [0.25, 0.3) is 0 Å². The highest BCUT2D eigenvalue weighted by Crippen LogP contribution is 2.43. The van der Waals surface area contributed by atoms with E-state index in [4.69, 9.17) is 24.3 Å². The van der Waals surface area contributed by atoms with Gasteiger partial charge in [0.15, 0.2) is 6.10 Å². The number of esters is 2. The van der Waals surface area contributed by atoms with Crippen molar-refractivity contribution in [3.63, 3.8) is 0 Å². The molecule has 0 aliphatic heterocycles. The minimum absolute atomic E-state index is 0.0468. The summed E-state index contributed by atoms with van der Waals surface area (Å²) in [4.78, 5) is 35.3. The fourth-order valence-corrected chi connectivity index (χ4v) is 11.2. The first kappa shape index (κ1) is 80.5. The maximum atomic E-state index is 12.7. The van der Waals surface area contributed by atoms with Gasteiger partial charge in [-0.15, -0.1) is 0 Å². The van der Waals surface area contributed by atoms with Crippen LogP contribution < -0.4 is 5.73 Å². The SMILES string of the molecule is CC/C=C\C/C=C\C/C=C\C/C=C\C/C=C\C/C=C\CCCCCCC(=O)OC(COC(=O)CCCCCCCCCCCCCCCCCCCCCCCCCCCCCCCCCCCCCCCCC)COP(=O)(O)OCCN. The Morgan fingerprint density at radius 1 is 0.373 bits per heavy atom. The first-order valence-electron chi connectivity index (χ1n) is 35.4. The second kappa shape index (κ2) is 68.6. The summed E-state index contributed by atoms with van der Waals surface area (Å²) in [7, 11) is -4.40. The van der Waals surface area contributed by atoms with Crippen LogP contribution in [-0.2, 0) is 32.7 Å². The number of phosphoric acid groups is 1. The second-order valence-electron chi connectivity index (χ2n) is 23.7. The van der Waals surface area contributed by atoms with E-state index in [9.17, 15) is 19.0 Å². The molecule has 0 aromatic carbocycles. The Morgan fingerprint density at radius 3 is 0.988 bits per heavy atom. The number of hydrogen-bond acceptors (Lipinski definition) is 8. The van der Waals surface area contributed by atoms with Crippen molar-refractivity contribution in [2.24, 2.45) is 5.73 Å². The average Bonchev–Trinajstić information content (AvgIpc) is 3.48. The number of rotatable bonds is 67. The van der Waals surface area contributed by atoms with E-state index in [1.807, 2.05) is 0 Å². The molecule has 2 unspecified atom stereocenters. The molecule has 0 saturated heterocycles. The molecule has 10 heteroatoms. The Hall–Kier alpha value is -2.55. The third-order valence-corrected chi connectivity index (χ3v) is 16.6. The van der Waals surface area contributed by atoms with Crippen LogP contribution in [0.2, 0.25) is 0 Å². The molecule has 0 aliphatic carbocycles. The predicted molar refractivity (Wildman–Crippen MR) is 358 cm³/mol. The molecule has 0 heterocycles. The van der Waals surface area contributed by atoms with Gasteiger partial charge < -0.3 is 20.1 Å². The summed E-state index contributed by atoms with van der Waals surface area (Å²) in [6, 6.07) is 0. The summed E-state index contributed by atoms with van der Waals surface area (Å²) in [6.45, 7) is 3.64. The third kappa shape index (κ3) is 68.4. The van der Waals surface area contributed by atoms with Crippen molar-refractivity contribution < 1.29 is 37.6 Å². The average molecular weight is 1180 g/mol. The molecule has 0 spiro atoms. The maximum Gasteiger partial charge on any atom is 0.472 e. The summed E-state index contributed by atoms with van der Waals surface area (Å²) in [5, 5.41) is 0. The molecule has 0 radical (unpaired) electrons. The van der Waals surface area contributed by atoms with Crippen LogP contribution in [0.4, 0.5) is 0 Å². The Labute approximate surface area is 513 Å². The lowest BCUT2D eigenvalue weighted by atomic mass is 10.0. The number of hydrogen-bond donors (Lipinski definition) is 2. The van der Waals surface area contributed by atoms with E-state index in [2.05, 4.69) is 86.8 Å². The van der Waals surface area contributed by atoms with Crippen LogP contribution in [-0.4, -0.2) is 49.3 Å². The van der Waals surface area contributed by atoms with Gasteiger partial charge in [0.1, 0.15) is 6.61 Å². The topological polar surface area (TPSA) is 134 Å². The van der Waals surface area contributed by atoms with Gasteiger partial charge in [-0.25, -0.2) is 4.57 Å². The summed E-state index contributed by atoms with van der Waals surface area (Å²) in [6.07, 6.45) is 90.3. The fraction of sp³-hybridized carbons (Fsp3) is 0.808. The van der Waals surface area contributed by atoms with Gasteiger partial charge in [0.05, 0.1) is 13.2 Å². The lowest BCUT2D eigenvalue weighted by Gasteiger charge is -2.19. The second-order valence-corrected chi connectivity index (χ2v) is 25.2. The normalized spacial score (nSPS) is 13.3. The molecular weight excluding hydrogens is 1050 g/mol. The van der Waals surface area contributed by atoms with E-state index in [0.717, 1.165) is 83.5 Å². The summed E-state index contributed by atoms with van der Waals surface area (Å²) in [5.74, 6) is -0.847. The van der Waals surface area contributed by atoms with E-state index >= 15 is 0 Å². The highest BCUT2D eigenvalue weighted by molar-refractivity contribution is 7.47. The van der Waals surface area contributed by atoms with Crippen molar-refractivity contribution in [1.82, 2.24) is 0 Å². The zero-order chi connectivity index (χ0) is 60.1. The van der Waals surface area contributed by atoms with Crippen LogP contribution in [0.1, 0.15) is 348 Å². The number of nitrogens with two attached hydrogens (primary N) is 1. The molecule has 0 aromatic rings. The molecule has 0 aromatic heterocycles. The van der Waals surface area contributed by atoms with Crippen LogP contribution in [0.3, 0.4) is 0 Å². The van der Waals surface area contributed by atoms with Crippen molar-refractivity contribution >= 4 is 19.8 Å². The maximum absolute atomic E-state index is 12.7. The molecule has 0 aliphatic rings. The Morgan fingerprint density at radius 2 is 0.663 bits per heavy atom. The predicted octanol–water partition coefficient (Wildman–Crippen LogP) is 23.2. The zero-order valence-electron chi connectivity index (χ0n) is 54.4. The van der Waals surface area contributed by atoms with Crippen LogP contribution in [0.15, 0.2) is 72.9 Å². The molecule has 9 nitrogen and oxygen atoms in total. The number of unbranched alkanes of at least 4 members (excludes halogenated alkanes) is 42. The number of allylic oxidation sites excluding steroid dienone is 12. The third-order valence-electron chi connectivity index (χ3n) is 15.6. The fourth-order valence-electron chi connectivity index (χ4n) is 10.4. The smallest absolute Gasteiger partial charge is 0.462 e. The van der Waals surface area contributed by atoms with Crippen LogP contribution in [0, 0.1) is 0 Å². The summed E-state index contributed by atoms with van der Waals surface area (Å²) in [5.41, 5.74) is 5.39. The number of carbonyl (C=O) groups is 2. The molecular formula is C73H134NO8P. The van der Waals surface area contributed by atoms with E-state index in [1.165, 1.54) is 231 Å². The van der Waals surface area contributed by atoms with Gasteiger partial charge in [-0.05, 0) is 64.2 Å². The highest BCUT2D eigenvalue weighted by atomic mass is 31.2. The van der Waals surface area contributed by atoms with Crippen molar-refractivity contribution in [3.05, 3.63) is 72.9 Å². The number of carbonyl (C=O) groups excluding carboxylic acids is 2. The Kier molecular flexibility index (Phi) is 66.5. The Balaban J connectivity index is 3.80. The standard InChI is InChI=1S/C73H134NO8P/c1-3-5-7-9-11-13-15-17-19-21-23-25-27-28-29-30-31-32-33-34-35-36-37-38-39-40-41-42-44-45-47-49-51-53-55-57-59-61-63-65-72(75)79-69-71(70-81-83(77,78)80-68-67-74)82-73(76)66-64-62-60-58-56-54-52-50-48-46-43-26-24-22-20-18-16-14-12-10-8-6-4-2/h6,8,12,14,18,20,24,26,46,48,52,54,71H,3-5,7,9-11,13,15-17,19,21-23,25,27-45,47,49-51,53,55-70,74H2,1-2H3,(H,77,78)/b8-6-,14-12-,20-18-,26-24-,48-46-,54-52-. The molecule has 0 amide bonds. The molecule has 484 valence electrons. The summed E-state index contributed by atoms with van der Waals surface area (Å²) >= 11 is 0. The molecule has 0 fully saturated rings. The number of phosphoric ester groups is 1. The van der Waals surface area contributed by atoms with Gasteiger partial charge in [-0.1, -0.05) is 344 Å². The highest BCUT2D eigenvalue weighted by Gasteiger charge is 2.26. The summed E-state index contributed by atoms with van der Waals surface area (Å²) < 4.78 is 33.1. The molecule has 3 N–H and O–H groups in total. The van der Waals surface area contributed by atoms with Crippen LogP contribution >= 0.6 is 7.82 Å². The largest absolute Gasteiger partial charge is 0.472 e. The quantitative estimate of drug-likeness (QED) is 0.0264. The minimum atomic E-state index is -4.40. The number of ether oxygens (including phenoxy) is 2. The molecule has 0 saturated carbocycles. The van der Waals surface area contributed by atoms with Crippen molar-refractivity contribution in [1.29, 1.82) is 0 Å². The van der Waals surface area contributed by atoms with E-state index < -0.39 is 26.5 Å². The lowest BCUT2D eigenvalue weighted by molar-refractivity contribution is -0.161. The molecule has 2 atom stereocenters. The van der Waals surface area contributed by atoms with E-state index in [1.54, 1.807) is 0 Å². The van der Waals surface area contributed by atoms with Crippen molar-refractivity contribution in [2.75, 3.05) is 26.4 Å². The van der Waals surface area contributed by atoms with Gasteiger partial charge in [-0.2, -0.15) is 0 Å². The van der Waals surface area contributed by atoms with Crippen LogP contribution in [0.25, 0.3) is 0 Å². The van der Waals surface area contributed by atoms with E-state index in [0.29, 0.717) is 6.42 Å². The zero-order valence-corrected chi connectivity index (χ0v) is 55.3. The monoisotopic (exact) mass is 1180 g/mol. The van der Waals surface area contributed by atoms with Crippen molar-refractivity contribution in [3.8, 4) is 0 Å². The van der Waals surface area contributed by atoms with Gasteiger partial charge in [0, 0.05) is 19.4 Å². The van der Waals surface area contributed by atoms with Crippen molar-refractivity contribution in [2.45, 2.75) is 354 Å². The van der Waals surface area contributed by atoms with Gasteiger partial charge in [-0.3, -0.25) is 18.6 Å². The molecule has 0 rings (SSSR count). The molecule has 0 bridgehead atoms. The first-order chi connectivity index (χ1) is 40.8.